The van der Waals surface area contributed by atoms with Gasteiger partial charge in [0.25, 0.3) is 5.91 Å². The van der Waals surface area contributed by atoms with Gasteiger partial charge < -0.3 is 15.7 Å². The van der Waals surface area contributed by atoms with Gasteiger partial charge in [0, 0.05) is 12.1 Å². The van der Waals surface area contributed by atoms with Gasteiger partial charge in [-0.25, -0.2) is 0 Å². The molecule has 25 heavy (non-hydrogen) atoms. The third kappa shape index (κ3) is 5.19. The highest BCUT2D eigenvalue weighted by atomic mass is 35.5. The molecule has 1 aliphatic rings. The average Bonchev–Trinajstić information content (AvgIpc) is 2.45. The molecule has 0 bridgehead atoms. The van der Waals surface area contributed by atoms with E-state index in [0.29, 0.717) is 24.9 Å². The van der Waals surface area contributed by atoms with E-state index in [2.05, 4.69) is 10.6 Å². The van der Waals surface area contributed by atoms with E-state index in [1.54, 1.807) is 12.1 Å². The molecule has 3 N–H and O–H groups in total. The topological polar surface area (TPSA) is 95.5 Å². The van der Waals surface area contributed by atoms with E-state index in [4.69, 9.17) is 16.7 Å². The quantitative estimate of drug-likeness (QED) is 0.688. The highest BCUT2D eigenvalue weighted by Gasteiger charge is 2.40. The number of anilines is 1. The van der Waals surface area contributed by atoms with Crippen molar-refractivity contribution in [1.82, 2.24) is 5.32 Å². The van der Waals surface area contributed by atoms with Crippen LogP contribution in [-0.4, -0.2) is 28.4 Å². The van der Waals surface area contributed by atoms with Gasteiger partial charge in [-0.3, -0.25) is 14.4 Å². The summed E-state index contributed by atoms with van der Waals surface area (Å²) in [4.78, 5) is 35.5. The van der Waals surface area contributed by atoms with Gasteiger partial charge in [-0.1, -0.05) is 25.4 Å². The van der Waals surface area contributed by atoms with Crippen molar-refractivity contribution in [3.8, 4) is 0 Å². The van der Waals surface area contributed by atoms with Crippen molar-refractivity contribution < 1.29 is 19.5 Å². The molecule has 6 nitrogen and oxygen atoms in total. The molecular weight excluding hydrogens is 344 g/mol. The summed E-state index contributed by atoms with van der Waals surface area (Å²) in [5.74, 6) is -1.28. The Bertz CT molecular complexity index is 684. The number of nitrogens with one attached hydrogen (secondary N) is 2. The Labute approximate surface area is 151 Å². The second-order valence-electron chi connectivity index (χ2n) is 7.00. The van der Waals surface area contributed by atoms with Crippen LogP contribution < -0.4 is 10.6 Å². The number of amides is 2. The van der Waals surface area contributed by atoms with Crippen LogP contribution in [0.15, 0.2) is 18.2 Å². The lowest BCUT2D eigenvalue weighted by molar-refractivity contribution is -0.139. The van der Waals surface area contributed by atoms with Crippen molar-refractivity contribution in [2.24, 2.45) is 5.92 Å². The minimum atomic E-state index is -0.944. The molecular formula is C18H23ClN2O4. The summed E-state index contributed by atoms with van der Waals surface area (Å²) in [5.41, 5.74) is 0.00476. The van der Waals surface area contributed by atoms with Gasteiger partial charge in [-0.15, -0.1) is 0 Å². The predicted octanol–water partition coefficient (Wildman–Crippen LogP) is 3.45. The fraction of sp³-hybridized carbons (Fsp3) is 0.500. The second-order valence-corrected chi connectivity index (χ2v) is 7.41. The van der Waals surface area contributed by atoms with Gasteiger partial charge >= 0.3 is 5.97 Å². The lowest BCUT2D eigenvalue weighted by Gasteiger charge is -2.41. The van der Waals surface area contributed by atoms with E-state index >= 15 is 0 Å². The van der Waals surface area contributed by atoms with Gasteiger partial charge in [0.15, 0.2) is 0 Å². The van der Waals surface area contributed by atoms with Crippen LogP contribution in [-0.2, 0) is 9.59 Å². The number of aliphatic carboxylic acids is 1. The lowest BCUT2D eigenvalue weighted by atomic mass is 9.74. The Balaban J connectivity index is 2.12. The summed E-state index contributed by atoms with van der Waals surface area (Å²) in [6, 6.07) is 4.70. The van der Waals surface area contributed by atoms with E-state index < -0.39 is 17.4 Å². The highest BCUT2D eigenvalue weighted by molar-refractivity contribution is 6.34. The number of carbonyl (C=O) groups excluding carboxylic acids is 2. The Morgan fingerprint density at radius 1 is 1.28 bits per heavy atom. The molecule has 7 heteroatoms. The first-order valence-electron chi connectivity index (χ1n) is 8.34. The Morgan fingerprint density at radius 2 is 1.96 bits per heavy atom. The maximum Gasteiger partial charge on any atom is 0.305 e. The molecule has 2 amide bonds. The van der Waals surface area contributed by atoms with Crippen molar-refractivity contribution in [2.75, 3.05) is 5.32 Å². The molecule has 0 spiro atoms. The monoisotopic (exact) mass is 366 g/mol. The molecule has 0 heterocycles. The summed E-state index contributed by atoms with van der Waals surface area (Å²) >= 11 is 6.12. The van der Waals surface area contributed by atoms with Gasteiger partial charge in [0.2, 0.25) is 5.91 Å². The molecule has 0 atom stereocenters. The summed E-state index contributed by atoms with van der Waals surface area (Å²) in [6.45, 7) is 3.89. The van der Waals surface area contributed by atoms with Crippen molar-refractivity contribution >= 4 is 35.1 Å². The number of hydrogen-bond acceptors (Lipinski definition) is 3. The molecule has 0 radical (unpaired) electrons. The first-order valence-corrected chi connectivity index (χ1v) is 8.72. The summed E-state index contributed by atoms with van der Waals surface area (Å²) in [5, 5.41) is 14.9. The number of benzene rings is 1. The fourth-order valence-electron chi connectivity index (χ4n) is 2.91. The molecule has 136 valence electrons. The zero-order valence-corrected chi connectivity index (χ0v) is 15.2. The average molecular weight is 367 g/mol. The van der Waals surface area contributed by atoms with E-state index in [9.17, 15) is 14.4 Å². The maximum absolute atomic E-state index is 12.6. The first-order chi connectivity index (χ1) is 11.7. The number of halogens is 1. The third-order valence-electron chi connectivity index (χ3n) is 4.27. The predicted molar refractivity (Wildman–Crippen MR) is 95.8 cm³/mol. The lowest BCUT2D eigenvalue weighted by Crippen LogP contribution is -2.54. The van der Waals surface area contributed by atoms with Crippen LogP contribution in [0.25, 0.3) is 0 Å². The van der Waals surface area contributed by atoms with Gasteiger partial charge in [0.1, 0.15) is 0 Å². The Morgan fingerprint density at radius 3 is 2.48 bits per heavy atom. The molecule has 1 aromatic rings. The molecule has 1 saturated carbocycles. The Kier molecular flexibility index (Phi) is 6.06. The molecule has 0 saturated heterocycles. The Hall–Kier alpha value is -2.08. The standard InChI is InChI=1S/C18H23ClN2O4/c1-11(2)8-15(22)20-12-4-5-14(19)13(9-12)17(25)21-18(6-3-7-18)10-16(23)24/h4-5,9,11H,3,6-8,10H2,1-2H3,(H,20,22)(H,21,25)(H,23,24). The first kappa shape index (κ1) is 19.2. The van der Waals surface area contributed by atoms with Crippen LogP contribution in [0.3, 0.4) is 0 Å². The third-order valence-corrected chi connectivity index (χ3v) is 4.60. The maximum atomic E-state index is 12.6. The number of carboxylic acid groups (broad SMARTS) is 1. The van der Waals surface area contributed by atoms with Crippen LogP contribution in [0.5, 0.6) is 0 Å². The van der Waals surface area contributed by atoms with Crippen LogP contribution in [0.2, 0.25) is 5.02 Å². The number of carbonyl (C=O) groups is 3. The van der Waals surface area contributed by atoms with Crippen LogP contribution in [0.4, 0.5) is 5.69 Å². The zero-order valence-electron chi connectivity index (χ0n) is 14.4. The SMILES string of the molecule is CC(C)CC(=O)Nc1ccc(Cl)c(C(=O)NC2(CC(=O)O)CCC2)c1. The van der Waals surface area contributed by atoms with Gasteiger partial charge in [-0.05, 0) is 43.4 Å². The summed E-state index contributed by atoms with van der Waals surface area (Å²) in [6.07, 6.45) is 2.42. The number of hydrogen-bond donors (Lipinski definition) is 3. The smallest absolute Gasteiger partial charge is 0.305 e. The molecule has 0 aliphatic heterocycles. The molecule has 1 fully saturated rings. The zero-order chi connectivity index (χ0) is 18.6. The normalized spacial score (nSPS) is 15.4. The summed E-state index contributed by atoms with van der Waals surface area (Å²) < 4.78 is 0. The van der Waals surface area contributed by atoms with Crippen LogP contribution in [0.1, 0.15) is 56.3 Å². The largest absolute Gasteiger partial charge is 0.481 e. The summed E-state index contributed by atoms with van der Waals surface area (Å²) in [7, 11) is 0. The van der Waals surface area contributed by atoms with Gasteiger partial charge in [-0.2, -0.15) is 0 Å². The minimum absolute atomic E-state index is 0.110. The minimum Gasteiger partial charge on any atom is -0.481 e. The van der Waals surface area contributed by atoms with Gasteiger partial charge in [0.05, 0.1) is 22.5 Å². The van der Waals surface area contributed by atoms with E-state index in [1.807, 2.05) is 13.8 Å². The highest BCUT2D eigenvalue weighted by Crippen LogP contribution is 2.35. The van der Waals surface area contributed by atoms with E-state index in [-0.39, 0.29) is 28.8 Å². The van der Waals surface area contributed by atoms with E-state index in [0.717, 1.165) is 6.42 Å². The molecule has 0 unspecified atom stereocenters. The fourth-order valence-corrected chi connectivity index (χ4v) is 3.11. The van der Waals surface area contributed by atoms with E-state index in [1.165, 1.54) is 6.07 Å². The van der Waals surface area contributed by atoms with Crippen molar-refractivity contribution in [1.29, 1.82) is 0 Å². The molecule has 1 aliphatic carbocycles. The van der Waals surface area contributed by atoms with Crippen LogP contribution in [0, 0.1) is 5.92 Å². The van der Waals surface area contributed by atoms with Crippen LogP contribution >= 0.6 is 11.6 Å². The molecule has 2 rings (SSSR count). The van der Waals surface area contributed by atoms with Crippen molar-refractivity contribution in [3.63, 3.8) is 0 Å². The molecule has 1 aromatic carbocycles. The van der Waals surface area contributed by atoms with Crippen molar-refractivity contribution in [2.45, 2.75) is 51.5 Å². The van der Waals surface area contributed by atoms with Crippen molar-refractivity contribution in [3.05, 3.63) is 28.8 Å². The second kappa shape index (κ2) is 7.87. The number of rotatable bonds is 7. The number of carboxylic acids is 1. The molecule has 0 aromatic heterocycles.